The topological polar surface area (TPSA) is 3.24 Å². The summed E-state index contributed by atoms with van der Waals surface area (Å²) in [6.45, 7) is 0. The number of nitrogens with zero attached hydrogens (tertiary/aromatic N) is 1. The Morgan fingerprint density at radius 2 is 1.59 bits per heavy atom. The number of rotatable bonds is 1. The number of anilines is 1. The van der Waals surface area contributed by atoms with E-state index in [9.17, 15) is 0 Å². The van der Waals surface area contributed by atoms with Gasteiger partial charge in [0, 0.05) is 18.4 Å². The molecule has 1 heterocycles. The van der Waals surface area contributed by atoms with Crippen LogP contribution in [0.15, 0.2) is 60.7 Å². The van der Waals surface area contributed by atoms with Gasteiger partial charge in [0.2, 0.25) is 0 Å². The molecule has 0 N–H and O–H groups in total. The van der Waals surface area contributed by atoms with Gasteiger partial charge < -0.3 is 4.90 Å². The van der Waals surface area contributed by atoms with E-state index in [1.807, 2.05) is 0 Å². The third-order valence-electron chi connectivity index (χ3n) is 3.30. The van der Waals surface area contributed by atoms with Crippen LogP contribution in [0, 0.1) is 0 Å². The van der Waals surface area contributed by atoms with E-state index < -0.39 is 0 Å². The first-order valence-corrected chi connectivity index (χ1v) is 5.93. The van der Waals surface area contributed by atoms with Crippen LogP contribution < -0.4 is 4.90 Å². The normalized spacial score (nSPS) is 14.2. The molecular formula is C16H15N. The Balaban J connectivity index is 2.04. The van der Waals surface area contributed by atoms with Crippen molar-refractivity contribution in [1.29, 1.82) is 0 Å². The zero-order chi connectivity index (χ0) is 11.7. The fourth-order valence-electron chi connectivity index (χ4n) is 2.40. The van der Waals surface area contributed by atoms with E-state index in [-0.39, 0.29) is 0 Å². The SMILES string of the molecule is CN1C(c2ccccc2)=CCc2ccccc21. The molecule has 0 saturated heterocycles. The molecule has 0 saturated carbocycles. The van der Waals surface area contributed by atoms with Crippen LogP contribution in [0.25, 0.3) is 5.70 Å². The van der Waals surface area contributed by atoms with Crippen molar-refractivity contribution in [2.24, 2.45) is 0 Å². The largest absolute Gasteiger partial charge is 0.344 e. The highest BCUT2D eigenvalue weighted by Gasteiger charge is 2.16. The minimum absolute atomic E-state index is 1.02. The molecule has 1 aliphatic rings. The van der Waals surface area contributed by atoms with Crippen molar-refractivity contribution in [1.82, 2.24) is 0 Å². The zero-order valence-corrected chi connectivity index (χ0v) is 9.93. The zero-order valence-electron chi connectivity index (χ0n) is 9.93. The first kappa shape index (κ1) is 10.2. The Morgan fingerprint density at radius 1 is 0.882 bits per heavy atom. The lowest BCUT2D eigenvalue weighted by atomic mass is 10.00. The molecule has 0 spiro atoms. The highest BCUT2D eigenvalue weighted by Crippen LogP contribution is 2.32. The Bertz CT molecular complexity index is 555. The van der Waals surface area contributed by atoms with Gasteiger partial charge in [-0.15, -0.1) is 0 Å². The van der Waals surface area contributed by atoms with Crippen molar-refractivity contribution < 1.29 is 0 Å². The molecule has 1 aliphatic heterocycles. The fraction of sp³-hybridized carbons (Fsp3) is 0.125. The number of para-hydroxylation sites is 1. The van der Waals surface area contributed by atoms with Crippen molar-refractivity contribution in [3.8, 4) is 0 Å². The van der Waals surface area contributed by atoms with Gasteiger partial charge in [0.15, 0.2) is 0 Å². The molecular weight excluding hydrogens is 206 g/mol. The predicted molar refractivity (Wildman–Crippen MR) is 73.0 cm³/mol. The molecule has 1 nitrogen and oxygen atoms in total. The molecule has 2 aromatic rings. The minimum atomic E-state index is 1.02. The quantitative estimate of drug-likeness (QED) is 0.709. The van der Waals surface area contributed by atoms with E-state index in [2.05, 4.69) is 72.6 Å². The van der Waals surface area contributed by atoms with Gasteiger partial charge in [0.25, 0.3) is 0 Å². The van der Waals surface area contributed by atoms with Gasteiger partial charge in [-0.3, -0.25) is 0 Å². The molecule has 0 unspecified atom stereocenters. The summed E-state index contributed by atoms with van der Waals surface area (Å²) in [5.74, 6) is 0. The smallest absolute Gasteiger partial charge is 0.0444 e. The second-order valence-electron chi connectivity index (χ2n) is 4.35. The number of hydrogen-bond acceptors (Lipinski definition) is 1. The van der Waals surface area contributed by atoms with Crippen LogP contribution in [0.4, 0.5) is 5.69 Å². The van der Waals surface area contributed by atoms with Gasteiger partial charge in [-0.1, -0.05) is 54.6 Å². The maximum absolute atomic E-state index is 2.30. The molecule has 0 bridgehead atoms. The summed E-state index contributed by atoms with van der Waals surface area (Å²) >= 11 is 0. The van der Waals surface area contributed by atoms with Gasteiger partial charge in [-0.2, -0.15) is 0 Å². The second-order valence-corrected chi connectivity index (χ2v) is 4.35. The lowest BCUT2D eigenvalue weighted by molar-refractivity contribution is 1.11. The van der Waals surface area contributed by atoms with E-state index in [1.54, 1.807) is 0 Å². The number of benzene rings is 2. The van der Waals surface area contributed by atoms with Crippen molar-refractivity contribution in [3.63, 3.8) is 0 Å². The van der Waals surface area contributed by atoms with Crippen LogP contribution in [0.3, 0.4) is 0 Å². The molecule has 0 fully saturated rings. The van der Waals surface area contributed by atoms with Crippen molar-refractivity contribution in [2.75, 3.05) is 11.9 Å². The Labute approximate surface area is 102 Å². The molecule has 0 radical (unpaired) electrons. The van der Waals surface area contributed by atoms with Crippen LogP contribution in [-0.2, 0) is 6.42 Å². The monoisotopic (exact) mass is 221 g/mol. The maximum Gasteiger partial charge on any atom is 0.0444 e. The number of allylic oxidation sites excluding steroid dienone is 1. The summed E-state index contributed by atoms with van der Waals surface area (Å²) < 4.78 is 0. The van der Waals surface area contributed by atoms with Crippen LogP contribution in [0.5, 0.6) is 0 Å². The second kappa shape index (κ2) is 4.10. The van der Waals surface area contributed by atoms with E-state index in [4.69, 9.17) is 0 Å². The van der Waals surface area contributed by atoms with Gasteiger partial charge >= 0.3 is 0 Å². The van der Waals surface area contributed by atoms with Gasteiger partial charge in [0.1, 0.15) is 0 Å². The summed E-state index contributed by atoms with van der Waals surface area (Å²) in [5, 5.41) is 0. The van der Waals surface area contributed by atoms with Gasteiger partial charge in [0.05, 0.1) is 0 Å². The van der Waals surface area contributed by atoms with Gasteiger partial charge in [-0.05, 0) is 23.6 Å². The summed E-state index contributed by atoms with van der Waals surface area (Å²) in [6.07, 6.45) is 3.32. The van der Waals surface area contributed by atoms with Gasteiger partial charge in [-0.25, -0.2) is 0 Å². The molecule has 17 heavy (non-hydrogen) atoms. The fourth-order valence-corrected chi connectivity index (χ4v) is 2.40. The average Bonchev–Trinajstić information content (AvgIpc) is 2.40. The Hall–Kier alpha value is -2.02. The van der Waals surface area contributed by atoms with Crippen LogP contribution in [0.1, 0.15) is 11.1 Å². The maximum atomic E-state index is 2.30. The molecule has 1 heteroatoms. The molecule has 0 amide bonds. The lowest BCUT2D eigenvalue weighted by Crippen LogP contribution is -2.20. The van der Waals surface area contributed by atoms with Crippen LogP contribution in [0.2, 0.25) is 0 Å². The Kier molecular flexibility index (Phi) is 2.45. The molecule has 0 aromatic heterocycles. The molecule has 0 aliphatic carbocycles. The first-order chi connectivity index (χ1) is 8.36. The average molecular weight is 221 g/mol. The minimum Gasteiger partial charge on any atom is -0.344 e. The summed E-state index contributed by atoms with van der Waals surface area (Å²) in [7, 11) is 2.14. The molecule has 2 aromatic carbocycles. The highest BCUT2D eigenvalue weighted by atomic mass is 15.1. The van der Waals surface area contributed by atoms with E-state index in [0.29, 0.717) is 0 Å². The molecule has 0 atom stereocenters. The predicted octanol–water partition coefficient (Wildman–Crippen LogP) is 3.72. The summed E-state index contributed by atoms with van der Waals surface area (Å²) in [5.41, 5.74) is 5.29. The number of hydrogen-bond donors (Lipinski definition) is 0. The highest BCUT2D eigenvalue weighted by molar-refractivity contribution is 5.82. The van der Waals surface area contributed by atoms with Crippen LogP contribution in [-0.4, -0.2) is 7.05 Å². The first-order valence-electron chi connectivity index (χ1n) is 5.93. The Morgan fingerprint density at radius 3 is 2.41 bits per heavy atom. The third-order valence-corrected chi connectivity index (χ3v) is 3.30. The summed E-state index contributed by atoms with van der Waals surface area (Å²) in [6, 6.07) is 19.1. The van der Waals surface area contributed by atoms with Crippen molar-refractivity contribution >= 4 is 11.4 Å². The van der Waals surface area contributed by atoms with E-state index >= 15 is 0 Å². The molecule has 3 rings (SSSR count). The van der Waals surface area contributed by atoms with Crippen molar-refractivity contribution in [2.45, 2.75) is 6.42 Å². The lowest BCUT2D eigenvalue weighted by Gasteiger charge is -2.29. The molecule has 84 valence electrons. The number of fused-ring (bicyclic) bond motifs is 1. The standard InChI is InChI=1S/C16H15N/c1-17-15-10-6-5-9-14(15)11-12-16(17)13-7-3-2-4-8-13/h2-10,12H,11H2,1H3. The van der Waals surface area contributed by atoms with E-state index in [0.717, 1.165) is 6.42 Å². The summed E-state index contributed by atoms with van der Waals surface area (Å²) in [4.78, 5) is 2.27. The third kappa shape index (κ3) is 1.74. The van der Waals surface area contributed by atoms with Crippen molar-refractivity contribution in [3.05, 3.63) is 71.8 Å². The van der Waals surface area contributed by atoms with E-state index in [1.165, 1.54) is 22.5 Å². The van der Waals surface area contributed by atoms with Crippen LogP contribution >= 0.6 is 0 Å².